The summed E-state index contributed by atoms with van der Waals surface area (Å²) in [6.45, 7) is 4.87. The molecule has 1 saturated heterocycles. The van der Waals surface area contributed by atoms with E-state index in [1.807, 2.05) is 0 Å². The number of aliphatic carboxylic acids is 1. The molecule has 1 aliphatic carbocycles. The van der Waals surface area contributed by atoms with Crippen LogP contribution in [-0.2, 0) is 4.79 Å². The van der Waals surface area contributed by atoms with Crippen molar-refractivity contribution in [2.75, 3.05) is 0 Å². The first-order valence-electron chi connectivity index (χ1n) is 9.28. The Morgan fingerprint density at radius 3 is 2.19 bits per heavy atom. The van der Waals surface area contributed by atoms with Crippen molar-refractivity contribution < 1.29 is 9.90 Å². The molecule has 1 heterocycles. The van der Waals surface area contributed by atoms with E-state index < -0.39 is 14.0 Å². The van der Waals surface area contributed by atoms with Gasteiger partial charge >= 0.3 is 5.97 Å². The van der Waals surface area contributed by atoms with Gasteiger partial charge in [0.1, 0.15) is 0 Å². The molecule has 2 nitrogen and oxygen atoms in total. The minimum atomic E-state index is -1.15. The topological polar surface area (TPSA) is 37.3 Å². The summed E-state index contributed by atoms with van der Waals surface area (Å²) in [7, 11) is -1.15. The lowest BCUT2D eigenvalue weighted by molar-refractivity contribution is -0.142. The molecule has 0 unspecified atom stereocenters. The molecule has 1 saturated carbocycles. The Morgan fingerprint density at radius 1 is 1.05 bits per heavy atom. The van der Waals surface area contributed by atoms with Crippen LogP contribution in [0.3, 0.4) is 0 Å². The van der Waals surface area contributed by atoms with Crippen LogP contribution in [0.15, 0.2) is 0 Å². The Morgan fingerprint density at radius 2 is 1.67 bits per heavy atom. The van der Waals surface area contributed by atoms with Crippen LogP contribution < -0.4 is 0 Å². The summed E-state index contributed by atoms with van der Waals surface area (Å²) in [5.41, 5.74) is 0.995. The zero-order valence-corrected chi connectivity index (χ0v) is 15.1. The number of rotatable bonds is 6. The highest BCUT2D eigenvalue weighted by molar-refractivity contribution is 6.80. The fraction of sp³-hybridized carbons (Fsp3) is 0.944. The van der Waals surface area contributed by atoms with Crippen LogP contribution in [0, 0.1) is 11.8 Å². The first kappa shape index (κ1) is 17.0. The molecule has 0 atom stereocenters. The van der Waals surface area contributed by atoms with E-state index in [4.69, 9.17) is 0 Å². The van der Waals surface area contributed by atoms with Gasteiger partial charge in [0.25, 0.3) is 0 Å². The molecule has 0 spiro atoms. The second-order valence-corrected chi connectivity index (χ2v) is 13.1. The quantitative estimate of drug-likeness (QED) is 0.504. The summed E-state index contributed by atoms with van der Waals surface area (Å²) in [5.74, 6) is 0.419. The molecule has 0 radical (unpaired) electrons. The third-order valence-electron chi connectivity index (χ3n) is 6.53. The molecule has 2 aliphatic rings. The standard InChI is InChI=1S/C18H34O2Si/c1-3-4-5-6-15-7-9-17(10-8-15)21(2)13-11-16(12-14-21)18(19)20/h15-17H,3-14H2,1-2H3,(H,19,20)/t15?,16-,17?,21-. The lowest BCUT2D eigenvalue weighted by Crippen LogP contribution is -2.42. The molecule has 0 aromatic heterocycles. The van der Waals surface area contributed by atoms with Crippen LogP contribution in [0.5, 0.6) is 0 Å². The number of carbonyl (C=O) groups is 1. The van der Waals surface area contributed by atoms with Gasteiger partial charge in [0.2, 0.25) is 0 Å². The van der Waals surface area contributed by atoms with Crippen molar-refractivity contribution >= 4 is 14.0 Å². The second-order valence-electron chi connectivity index (χ2n) is 7.98. The zero-order chi connectivity index (χ0) is 15.3. The van der Waals surface area contributed by atoms with E-state index in [1.54, 1.807) is 0 Å². The van der Waals surface area contributed by atoms with Crippen LogP contribution in [0.2, 0.25) is 24.2 Å². The minimum Gasteiger partial charge on any atom is -0.481 e. The Hall–Kier alpha value is -0.313. The van der Waals surface area contributed by atoms with E-state index in [-0.39, 0.29) is 5.92 Å². The number of carboxylic acids is 1. The minimum absolute atomic E-state index is 0.0315. The van der Waals surface area contributed by atoms with Crippen molar-refractivity contribution in [3.05, 3.63) is 0 Å². The average Bonchev–Trinajstić information content (AvgIpc) is 2.48. The van der Waals surface area contributed by atoms with Crippen molar-refractivity contribution in [3.8, 4) is 0 Å². The molecule has 3 heteroatoms. The van der Waals surface area contributed by atoms with Gasteiger partial charge in [0, 0.05) is 0 Å². The van der Waals surface area contributed by atoms with Crippen LogP contribution in [-0.4, -0.2) is 19.1 Å². The predicted molar refractivity (Wildman–Crippen MR) is 91.4 cm³/mol. The van der Waals surface area contributed by atoms with E-state index >= 15 is 0 Å². The third-order valence-corrected chi connectivity index (χ3v) is 11.9. The monoisotopic (exact) mass is 310 g/mol. The first-order valence-corrected chi connectivity index (χ1v) is 12.3. The summed E-state index contributed by atoms with van der Waals surface area (Å²) < 4.78 is 0. The number of carboxylic acid groups (broad SMARTS) is 1. The molecule has 0 amide bonds. The first-order chi connectivity index (χ1) is 10.0. The van der Waals surface area contributed by atoms with Crippen LogP contribution in [0.4, 0.5) is 0 Å². The molecule has 122 valence electrons. The van der Waals surface area contributed by atoms with E-state index in [2.05, 4.69) is 13.5 Å². The van der Waals surface area contributed by atoms with Gasteiger partial charge in [0.05, 0.1) is 14.0 Å². The zero-order valence-electron chi connectivity index (χ0n) is 14.1. The van der Waals surface area contributed by atoms with E-state index in [9.17, 15) is 9.90 Å². The van der Waals surface area contributed by atoms with Gasteiger partial charge in [-0.05, 0) is 24.3 Å². The van der Waals surface area contributed by atoms with E-state index in [1.165, 1.54) is 63.5 Å². The molecular weight excluding hydrogens is 276 g/mol. The summed E-state index contributed by atoms with van der Waals surface area (Å²) in [4.78, 5) is 11.1. The van der Waals surface area contributed by atoms with Gasteiger partial charge in [-0.2, -0.15) is 0 Å². The maximum atomic E-state index is 11.1. The molecule has 0 bridgehead atoms. The maximum absolute atomic E-state index is 11.1. The number of hydrogen-bond acceptors (Lipinski definition) is 1. The number of unbranched alkanes of at least 4 members (excludes halogenated alkanes) is 2. The largest absolute Gasteiger partial charge is 0.481 e. The molecule has 21 heavy (non-hydrogen) atoms. The Bertz CT molecular complexity index is 326. The molecule has 0 aromatic carbocycles. The summed E-state index contributed by atoms with van der Waals surface area (Å²) in [5, 5.41) is 9.17. The van der Waals surface area contributed by atoms with Crippen molar-refractivity contribution in [1.29, 1.82) is 0 Å². The van der Waals surface area contributed by atoms with Crippen molar-refractivity contribution in [3.63, 3.8) is 0 Å². The van der Waals surface area contributed by atoms with E-state index in [0.29, 0.717) is 0 Å². The highest BCUT2D eigenvalue weighted by atomic mass is 28.3. The van der Waals surface area contributed by atoms with Gasteiger partial charge in [-0.15, -0.1) is 0 Å². The summed E-state index contributed by atoms with van der Waals surface area (Å²) in [6, 6.07) is 2.55. The molecule has 1 aliphatic heterocycles. The fourth-order valence-corrected chi connectivity index (χ4v) is 9.57. The lowest BCUT2D eigenvalue weighted by Gasteiger charge is -2.44. The molecule has 1 N–H and O–H groups in total. The molecule has 0 aromatic rings. The van der Waals surface area contributed by atoms with Crippen LogP contribution in [0.1, 0.15) is 71.1 Å². The highest BCUT2D eigenvalue weighted by Gasteiger charge is 2.42. The highest BCUT2D eigenvalue weighted by Crippen LogP contribution is 2.48. The van der Waals surface area contributed by atoms with Gasteiger partial charge in [-0.25, -0.2) is 0 Å². The Kier molecular flexibility index (Phi) is 6.33. The number of hydrogen-bond donors (Lipinski definition) is 1. The SMILES string of the molecule is CCCCCC1CCC([Si@]2(C)CC[C@@H](C(=O)O)CC2)CC1. The lowest BCUT2D eigenvalue weighted by atomic mass is 9.85. The Labute approximate surface area is 131 Å². The summed E-state index contributed by atoms with van der Waals surface area (Å²) in [6.07, 6.45) is 13.4. The van der Waals surface area contributed by atoms with Crippen LogP contribution >= 0.6 is 0 Å². The van der Waals surface area contributed by atoms with Crippen LogP contribution in [0.25, 0.3) is 0 Å². The molecular formula is C18H34O2Si. The van der Waals surface area contributed by atoms with Gasteiger partial charge in [0.15, 0.2) is 0 Å². The second kappa shape index (κ2) is 7.80. The van der Waals surface area contributed by atoms with Gasteiger partial charge in [-0.1, -0.05) is 76.9 Å². The van der Waals surface area contributed by atoms with Crippen molar-refractivity contribution in [2.45, 2.75) is 95.3 Å². The predicted octanol–water partition coefficient (Wildman–Crippen LogP) is 5.70. The van der Waals surface area contributed by atoms with Crippen molar-refractivity contribution in [1.82, 2.24) is 0 Å². The Balaban J connectivity index is 1.75. The van der Waals surface area contributed by atoms with Gasteiger partial charge in [-0.3, -0.25) is 4.79 Å². The molecule has 2 fully saturated rings. The van der Waals surface area contributed by atoms with E-state index in [0.717, 1.165) is 24.3 Å². The summed E-state index contributed by atoms with van der Waals surface area (Å²) >= 11 is 0. The fourth-order valence-electron chi connectivity index (χ4n) is 4.76. The smallest absolute Gasteiger partial charge is 0.306 e. The molecule has 2 rings (SSSR count). The van der Waals surface area contributed by atoms with Crippen molar-refractivity contribution in [2.24, 2.45) is 11.8 Å². The third kappa shape index (κ3) is 4.58. The van der Waals surface area contributed by atoms with Gasteiger partial charge < -0.3 is 5.11 Å². The maximum Gasteiger partial charge on any atom is 0.306 e. The normalized spacial score (nSPS) is 37.3. The average molecular weight is 311 g/mol.